The molecule has 142 valence electrons. The number of hydrogen-bond acceptors (Lipinski definition) is 5. The van der Waals surface area contributed by atoms with Gasteiger partial charge in [-0.05, 0) is 25.5 Å². The highest BCUT2D eigenvalue weighted by Crippen LogP contribution is 2.27. The maximum Gasteiger partial charge on any atom is 0.260 e. The van der Waals surface area contributed by atoms with E-state index in [1.54, 1.807) is 20.0 Å². The molecular weight excluding hydrogens is 364 g/mol. The fourth-order valence-corrected chi connectivity index (χ4v) is 5.27. The van der Waals surface area contributed by atoms with Crippen molar-refractivity contribution < 1.29 is 8.42 Å². The van der Waals surface area contributed by atoms with E-state index in [1.807, 2.05) is 25.1 Å². The third-order valence-electron chi connectivity index (χ3n) is 4.83. The summed E-state index contributed by atoms with van der Waals surface area (Å²) in [6, 6.07) is 11.6. The minimum absolute atomic E-state index is 0.0495. The molecule has 0 radical (unpaired) electrons. The lowest BCUT2D eigenvalue weighted by Gasteiger charge is -2.31. The van der Waals surface area contributed by atoms with E-state index in [1.165, 1.54) is 8.99 Å². The fraction of sp³-hybridized carbons (Fsp3) is 0.389. The molecule has 9 heteroatoms. The topological polar surface area (TPSA) is 85.9 Å². The Balaban J connectivity index is 1.64. The van der Waals surface area contributed by atoms with Crippen molar-refractivity contribution in [3.63, 3.8) is 0 Å². The Hall–Kier alpha value is -2.52. The maximum atomic E-state index is 13.1. The summed E-state index contributed by atoms with van der Waals surface area (Å²) in [6.07, 6.45) is 0.672. The van der Waals surface area contributed by atoms with Crippen molar-refractivity contribution in [3.8, 4) is 0 Å². The minimum Gasteiger partial charge on any atom is -0.309 e. The molecule has 1 aliphatic rings. The second-order valence-corrected chi connectivity index (χ2v) is 8.84. The van der Waals surface area contributed by atoms with Gasteiger partial charge in [0.1, 0.15) is 11.6 Å². The first-order chi connectivity index (χ1) is 12.9. The molecule has 1 aromatic carbocycles. The van der Waals surface area contributed by atoms with Crippen LogP contribution < -0.4 is 0 Å². The molecule has 0 amide bonds. The van der Waals surface area contributed by atoms with Gasteiger partial charge in [-0.25, -0.2) is 8.42 Å². The number of sulfonamides is 1. The Morgan fingerprint density at radius 3 is 2.59 bits per heavy atom. The molecule has 0 spiro atoms. The Morgan fingerprint density at radius 1 is 1.19 bits per heavy atom. The largest absolute Gasteiger partial charge is 0.309 e. The summed E-state index contributed by atoms with van der Waals surface area (Å²) in [4.78, 5) is 0. The molecule has 0 fully saturated rings. The van der Waals surface area contributed by atoms with Gasteiger partial charge in [0.05, 0.1) is 12.2 Å². The van der Waals surface area contributed by atoms with Gasteiger partial charge in [0.2, 0.25) is 0 Å². The molecule has 3 aromatic rings. The highest BCUT2D eigenvalue weighted by Gasteiger charge is 2.35. The first kappa shape index (κ1) is 17.9. The normalized spacial score (nSPS) is 17.8. The van der Waals surface area contributed by atoms with Crippen molar-refractivity contribution in [2.45, 2.75) is 37.9 Å². The molecule has 27 heavy (non-hydrogen) atoms. The molecule has 3 heterocycles. The highest BCUT2D eigenvalue weighted by atomic mass is 32.2. The van der Waals surface area contributed by atoms with Crippen LogP contribution in [0.2, 0.25) is 0 Å². The second-order valence-electron chi connectivity index (χ2n) is 6.96. The van der Waals surface area contributed by atoms with Gasteiger partial charge >= 0.3 is 0 Å². The molecule has 0 unspecified atom stereocenters. The van der Waals surface area contributed by atoms with Gasteiger partial charge in [-0.2, -0.15) is 9.40 Å². The predicted molar refractivity (Wildman–Crippen MR) is 99.5 cm³/mol. The summed E-state index contributed by atoms with van der Waals surface area (Å²) < 4.78 is 31.1. The van der Waals surface area contributed by atoms with Gasteiger partial charge < -0.3 is 4.57 Å². The van der Waals surface area contributed by atoms with Gasteiger partial charge in [-0.15, -0.1) is 10.2 Å². The van der Waals surface area contributed by atoms with Crippen LogP contribution in [0.1, 0.15) is 35.9 Å². The molecule has 0 aliphatic carbocycles. The van der Waals surface area contributed by atoms with Crippen molar-refractivity contribution >= 4 is 10.0 Å². The Bertz CT molecular complexity index is 1070. The molecule has 0 saturated carbocycles. The number of fused-ring (bicyclic) bond motifs is 1. The average Bonchev–Trinajstić information content (AvgIpc) is 3.19. The van der Waals surface area contributed by atoms with Gasteiger partial charge in [0.15, 0.2) is 5.03 Å². The summed E-state index contributed by atoms with van der Waals surface area (Å²) in [6.45, 7) is 4.36. The zero-order valence-electron chi connectivity index (χ0n) is 15.6. The fourth-order valence-electron chi connectivity index (χ4n) is 3.62. The monoisotopic (exact) mass is 386 g/mol. The number of aromatic nitrogens is 5. The number of rotatable bonds is 4. The molecule has 0 N–H and O–H groups in total. The zero-order valence-corrected chi connectivity index (χ0v) is 16.4. The SMILES string of the molecule is Cc1cc(S(=O)(=O)N2Cc3nnc(Cc4ccccc4)n3[C@@H](C)C2)n(C)n1. The Labute approximate surface area is 158 Å². The minimum atomic E-state index is -3.64. The number of benzene rings is 1. The quantitative estimate of drug-likeness (QED) is 0.681. The lowest BCUT2D eigenvalue weighted by Crippen LogP contribution is -2.41. The first-order valence-electron chi connectivity index (χ1n) is 8.83. The van der Waals surface area contributed by atoms with E-state index < -0.39 is 10.0 Å². The van der Waals surface area contributed by atoms with Crippen LogP contribution in [-0.2, 0) is 30.0 Å². The molecule has 1 aliphatic heterocycles. The van der Waals surface area contributed by atoms with Gasteiger partial charge in [-0.1, -0.05) is 30.3 Å². The van der Waals surface area contributed by atoms with Crippen LogP contribution in [-0.4, -0.2) is 43.8 Å². The first-order valence-corrected chi connectivity index (χ1v) is 10.3. The van der Waals surface area contributed by atoms with E-state index in [-0.39, 0.29) is 17.6 Å². The summed E-state index contributed by atoms with van der Waals surface area (Å²) in [5.41, 5.74) is 1.83. The van der Waals surface area contributed by atoms with Gasteiger partial charge in [0, 0.05) is 26.1 Å². The third-order valence-corrected chi connectivity index (χ3v) is 6.70. The van der Waals surface area contributed by atoms with Gasteiger partial charge in [-0.3, -0.25) is 4.68 Å². The number of aryl methyl sites for hydroxylation is 2. The van der Waals surface area contributed by atoms with Crippen LogP contribution in [0.15, 0.2) is 41.4 Å². The van der Waals surface area contributed by atoms with Crippen molar-refractivity contribution in [2.75, 3.05) is 6.54 Å². The lowest BCUT2D eigenvalue weighted by molar-refractivity contribution is 0.286. The van der Waals surface area contributed by atoms with Crippen LogP contribution in [0, 0.1) is 6.92 Å². The van der Waals surface area contributed by atoms with E-state index in [2.05, 4.69) is 32.0 Å². The number of nitrogens with zero attached hydrogens (tertiary/aromatic N) is 6. The zero-order chi connectivity index (χ0) is 19.2. The summed E-state index contributed by atoms with van der Waals surface area (Å²) in [5, 5.41) is 13.0. The summed E-state index contributed by atoms with van der Waals surface area (Å²) in [7, 11) is -2.00. The average molecular weight is 386 g/mol. The Morgan fingerprint density at radius 2 is 1.93 bits per heavy atom. The van der Waals surface area contributed by atoms with Crippen LogP contribution in [0.25, 0.3) is 0 Å². The van der Waals surface area contributed by atoms with Crippen molar-refractivity contribution in [1.82, 2.24) is 28.9 Å². The molecule has 0 saturated heterocycles. The summed E-state index contributed by atoms with van der Waals surface area (Å²) in [5.74, 6) is 1.53. The maximum absolute atomic E-state index is 13.1. The molecule has 0 bridgehead atoms. The van der Waals surface area contributed by atoms with E-state index in [0.29, 0.717) is 24.5 Å². The molecule has 1 atom stereocenters. The van der Waals surface area contributed by atoms with Crippen molar-refractivity contribution in [3.05, 3.63) is 59.3 Å². The van der Waals surface area contributed by atoms with Crippen molar-refractivity contribution in [2.24, 2.45) is 7.05 Å². The predicted octanol–water partition coefficient (Wildman–Crippen LogP) is 1.68. The molecular formula is C18H22N6O2S. The van der Waals surface area contributed by atoms with E-state index in [0.717, 1.165) is 11.4 Å². The standard InChI is InChI=1S/C18H22N6O2S/c1-13-9-18(22(3)21-13)27(25,26)23-11-14(2)24-16(19-20-17(24)12-23)10-15-7-5-4-6-8-15/h4-9,14H,10-12H2,1-3H3/t14-/m0/s1. The van der Waals surface area contributed by atoms with Crippen LogP contribution in [0.5, 0.6) is 0 Å². The Kier molecular flexibility index (Phi) is 4.35. The molecule has 4 rings (SSSR count). The molecule has 8 nitrogen and oxygen atoms in total. The second kappa shape index (κ2) is 6.58. The van der Waals surface area contributed by atoms with Gasteiger partial charge in [0.25, 0.3) is 10.0 Å². The van der Waals surface area contributed by atoms with E-state index >= 15 is 0 Å². The highest BCUT2D eigenvalue weighted by molar-refractivity contribution is 7.89. The van der Waals surface area contributed by atoms with Crippen LogP contribution in [0.3, 0.4) is 0 Å². The molecule has 2 aromatic heterocycles. The third kappa shape index (κ3) is 3.17. The van der Waals surface area contributed by atoms with Crippen molar-refractivity contribution in [1.29, 1.82) is 0 Å². The smallest absolute Gasteiger partial charge is 0.260 e. The summed E-state index contributed by atoms with van der Waals surface area (Å²) >= 11 is 0. The number of hydrogen-bond donors (Lipinski definition) is 0. The van der Waals surface area contributed by atoms with Crippen LogP contribution in [0.4, 0.5) is 0 Å². The van der Waals surface area contributed by atoms with Crippen LogP contribution >= 0.6 is 0 Å². The van der Waals surface area contributed by atoms with E-state index in [4.69, 9.17) is 0 Å². The lowest BCUT2D eigenvalue weighted by atomic mass is 10.1. The van der Waals surface area contributed by atoms with E-state index in [9.17, 15) is 8.42 Å².